The van der Waals surface area contributed by atoms with E-state index < -0.39 is 6.10 Å². The van der Waals surface area contributed by atoms with Crippen LogP contribution in [0.25, 0.3) is 11.0 Å². The fourth-order valence-corrected chi connectivity index (χ4v) is 4.77. The van der Waals surface area contributed by atoms with Gasteiger partial charge in [-0.2, -0.15) is 0 Å². The van der Waals surface area contributed by atoms with Crippen LogP contribution in [0, 0.1) is 5.82 Å². The Bertz CT molecular complexity index is 1230. The molecule has 2 aromatic carbocycles. The number of nitrogens with zero attached hydrogens (tertiary/aromatic N) is 5. The third kappa shape index (κ3) is 5.27. The Balaban J connectivity index is 1.51. The Kier molecular flexibility index (Phi) is 7.29. The van der Waals surface area contributed by atoms with E-state index in [4.69, 9.17) is 19.4 Å². The minimum Gasteiger partial charge on any atom is -0.486 e. The zero-order valence-electron chi connectivity index (χ0n) is 20.8. The third-order valence-corrected chi connectivity index (χ3v) is 6.90. The third-order valence-electron chi connectivity index (χ3n) is 6.90. The van der Waals surface area contributed by atoms with Crippen LogP contribution in [0.5, 0.6) is 5.75 Å². The Labute approximate surface area is 210 Å². The number of aromatic nitrogens is 2. The van der Waals surface area contributed by atoms with E-state index in [1.807, 2.05) is 24.0 Å². The van der Waals surface area contributed by atoms with E-state index in [0.717, 1.165) is 44.1 Å². The number of morpholine rings is 1. The smallest absolute Gasteiger partial charge is 0.254 e. The maximum Gasteiger partial charge on any atom is 0.254 e. The molecule has 0 radical (unpaired) electrons. The van der Waals surface area contributed by atoms with Crippen LogP contribution in [0.4, 0.5) is 10.2 Å². The number of carbonyl (C=O) groups is 1. The number of benzene rings is 2. The van der Waals surface area contributed by atoms with Gasteiger partial charge in [0.1, 0.15) is 23.5 Å². The van der Waals surface area contributed by atoms with E-state index in [1.165, 1.54) is 12.1 Å². The van der Waals surface area contributed by atoms with E-state index in [0.29, 0.717) is 48.6 Å². The lowest BCUT2D eigenvalue weighted by atomic mass is 10.0. The van der Waals surface area contributed by atoms with E-state index >= 15 is 0 Å². The molecule has 0 saturated carbocycles. The summed E-state index contributed by atoms with van der Waals surface area (Å²) < 4.78 is 25.4. The van der Waals surface area contributed by atoms with Crippen molar-refractivity contribution in [1.29, 1.82) is 0 Å². The standard InChI is InChI=1S/C27H32FN5O3/c1-3-31-7-9-33(10-8-31)27(34)20-15-23(19(2)36-22-6-4-5-21(28)17-22)26-24(16-20)29-18-25(30-26)32-11-13-35-14-12-32/h4-6,15-19H,3,7-14H2,1-2H3. The molecule has 3 aromatic rings. The molecular weight excluding hydrogens is 461 g/mol. The minimum absolute atomic E-state index is 0.0223. The van der Waals surface area contributed by atoms with Crippen molar-refractivity contribution in [3.05, 3.63) is 59.5 Å². The average Bonchev–Trinajstić information content (AvgIpc) is 2.92. The molecule has 0 spiro atoms. The summed E-state index contributed by atoms with van der Waals surface area (Å²) in [5, 5.41) is 0. The molecule has 9 heteroatoms. The summed E-state index contributed by atoms with van der Waals surface area (Å²) in [5.41, 5.74) is 2.62. The first-order chi connectivity index (χ1) is 17.5. The summed E-state index contributed by atoms with van der Waals surface area (Å²) in [5.74, 6) is 0.792. The molecule has 0 aliphatic carbocycles. The summed E-state index contributed by atoms with van der Waals surface area (Å²) in [7, 11) is 0. The van der Waals surface area contributed by atoms with Gasteiger partial charge in [0.2, 0.25) is 0 Å². The highest BCUT2D eigenvalue weighted by Gasteiger charge is 2.25. The number of anilines is 1. The maximum atomic E-state index is 13.8. The van der Waals surface area contributed by atoms with Crippen molar-refractivity contribution in [2.24, 2.45) is 0 Å². The number of likely N-dealkylation sites (N-methyl/N-ethyl adjacent to an activating group) is 1. The highest BCUT2D eigenvalue weighted by molar-refractivity contribution is 5.98. The SMILES string of the molecule is CCN1CCN(C(=O)c2cc(C(C)Oc3cccc(F)c3)c3nc(N4CCOCC4)cnc3c2)CC1. The Hall–Kier alpha value is -3.30. The van der Waals surface area contributed by atoms with Crippen LogP contribution in [0.15, 0.2) is 42.6 Å². The quantitative estimate of drug-likeness (QED) is 0.520. The number of rotatable bonds is 6. The van der Waals surface area contributed by atoms with Crippen molar-refractivity contribution in [2.45, 2.75) is 20.0 Å². The Morgan fingerprint density at radius 3 is 2.61 bits per heavy atom. The van der Waals surface area contributed by atoms with Gasteiger partial charge in [0.15, 0.2) is 0 Å². The molecular formula is C27H32FN5O3. The second-order valence-corrected chi connectivity index (χ2v) is 9.20. The Morgan fingerprint density at radius 2 is 1.89 bits per heavy atom. The highest BCUT2D eigenvalue weighted by atomic mass is 19.1. The largest absolute Gasteiger partial charge is 0.486 e. The van der Waals surface area contributed by atoms with Crippen molar-refractivity contribution in [3.8, 4) is 5.75 Å². The van der Waals surface area contributed by atoms with Crippen LogP contribution in [0.1, 0.15) is 35.9 Å². The molecule has 36 heavy (non-hydrogen) atoms. The van der Waals surface area contributed by atoms with Gasteiger partial charge in [0.25, 0.3) is 5.91 Å². The summed E-state index contributed by atoms with van der Waals surface area (Å²) in [4.78, 5) is 29.5. The fraction of sp³-hybridized carbons (Fsp3) is 0.444. The van der Waals surface area contributed by atoms with Crippen molar-refractivity contribution in [1.82, 2.24) is 19.8 Å². The van der Waals surface area contributed by atoms with E-state index in [9.17, 15) is 9.18 Å². The van der Waals surface area contributed by atoms with E-state index in [1.54, 1.807) is 18.3 Å². The van der Waals surface area contributed by atoms with Crippen LogP contribution in [-0.2, 0) is 4.74 Å². The number of hydrogen-bond acceptors (Lipinski definition) is 7. The molecule has 8 nitrogen and oxygen atoms in total. The van der Waals surface area contributed by atoms with Gasteiger partial charge in [-0.3, -0.25) is 9.78 Å². The van der Waals surface area contributed by atoms with Gasteiger partial charge >= 0.3 is 0 Å². The van der Waals surface area contributed by atoms with E-state index in [2.05, 4.69) is 16.7 Å². The lowest BCUT2D eigenvalue weighted by Gasteiger charge is -2.34. The summed E-state index contributed by atoms with van der Waals surface area (Å²) >= 11 is 0. The van der Waals surface area contributed by atoms with Crippen molar-refractivity contribution in [3.63, 3.8) is 0 Å². The molecule has 0 bridgehead atoms. The van der Waals surface area contributed by atoms with E-state index in [-0.39, 0.29) is 11.7 Å². The van der Waals surface area contributed by atoms with Crippen molar-refractivity contribution in [2.75, 3.05) is 63.9 Å². The normalized spacial score (nSPS) is 17.9. The monoisotopic (exact) mass is 493 g/mol. The van der Waals surface area contributed by atoms with Crippen LogP contribution < -0.4 is 9.64 Å². The van der Waals surface area contributed by atoms with Gasteiger partial charge < -0.3 is 24.2 Å². The van der Waals surface area contributed by atoms with Crippen LogP contribution in [-0.4, -0.2) is 84.7 Å². The summed E-state index contributed by atoms with van der Waals surface area (Å²) in [6.45, 7) is 10.9. The molecule has 1 aromatic heterocycles. The topological polar surface area (TPSA) is 71.0 Å². The van der Waals surface area contributed by atoms with Crippen molar-refractivity contribution >= 4 is 22.8 Å². The van der Waals surface area contributed by atoms with Crippen molar-refractivity contribution < 1.29 is 18.7 Å². The van der Waals surface area contributed by atoms with Gasteiger partial charge in [-0.1, -0.05) is 13.0 Å². The minimum atomic E-state index is -0.478. The number of amides is 1. The molecule has 1 unspecified atom stereocenters. The molecule has 2 aliphatic heterocycles. The first-order valence-electron chi connectivity index (χ1n) is 12.6. The zero-order chi connectivity index (χ0) is 25.1. The number of ether oxygens (including phenoxy) is 2. The number of fused-ring (bicyclic) bond motifs is 1. The zero-order valence-corrected chi connectivity index (χ0v) is 20.8. The number of halogens is 1. The van der Waals surface area contributed by atoms with Gasteiger partial charge in [0, 0.05) is 56.5 Å². The Morgan fingerprint density at radius 1 is 1.11 bits per heavy atom. The molecule has 1 amide bonds. The number of piperazine rings is 1. The molecule has 5 rings (SSSR count). The van der Waals surface area contributed by atoms with Gasteiger partial charge in [-0.25, -0.2) is 9.37 Å². The van der Waals surface area contributed by atoms with Gasteiger partial charge in [-0.15, -0.1) is 0 Å². The molecule has 190 valence electrons. The fourth-order valence-electron chi connectivity index (χ4n) is 4.77. The maximum absolute atomic E-state index is 13.8. The molecule has 2 fully saturated rings. The van der Waals surface area contributed by atoms with Crippen LogP contribution in [0.2, 0.25) is 0 Å². The first-order valence-corrected chi connectivity index (χ1v) is 12.6. The number of hydrogen-bond donors (Lipinski definition) is 0. The number of carbonyl (C=O) groups excluding carboxylic acids is 1. The molecule has 2 saturated heterocycles. The van der Waals surface area contributed by atoms with Crippen LogP contribution in [0.3, 0.4) is 0 Å². The van der Waals surface area contributed by atoms with Crippen LogP contribution >= 0.6 is 0 Å². The lowest BCUT2D eigenvalue weighted by molar-refractivity contribution is 0.0643. The lowest BCUT2D eigenvalue weighted by Crippen LogP contribution is -2.48. The second kappa shape index (κ2) is 10.8. The molecule has 2 aliphatic rings. The predicted octanol–water partition coefficient (Wildman–Crippen LogP) is 3.52. The predicted molar refractivity (Wildman–Crippen MR) is 136 cm³/mol. The molecule has 0 N–H and O–H groups in total. The highest BCUT2D eigenvalue weighted by Crippen LogP contribution is 2.30. The van der Waals surface area contributed by atoms with Gasteiger partial charge in [0.05, 0.1) is 30.4 Å². The first kappa shape index (κ1) is 24.4. The molecule has 3 heterocycles. The molecule has 1 atom stereocenters. The summed E-state index contributed by atoms with van der Waals surface area (Å²) in [6, 6.07) is 9.74. The average molecular weight is 494 g/mol. The second-order valence-electron chi connectivity index (χ2n) is 9.20. The summed E-state index contributed by atoms with van der Waals surface area (Å²) in [6.07, 6.45) is 1.28. The van der Waals surface area contributed by atoms with Gasteiger partial charge in [-0.05, 0) is 37.7 Å².